The summed E-state index contributed by atoms with van der Waals surface area (Å²) in [6.07, 6.45) is 2.11. The Morgan fingerprint density at radius 2 is 1.94 bits per heavy atom. The van der Waals surface area contributed by atoms with Gasteiger partial charge in [0, 0.05) is 18.3 Å². The van der Waals surface area contributed by atoms with Crippen LogP contribution in [0.25, 0.3) is 0 Å². The summed E-state index contributed by atoms with van der Waals surface area (Å²) in [5.74, 6) is -0.615. The van der Waals surface area contributed by atoms with E-state index in [1.54, 1.807) is 0 Å². The summed E-state index contributed by atoms with van der Waals surface area (Å²) in [5.41, 5.74) is 0. The van der Waals surface area contributed by atoms with Crippen LogP contribution in [0.3, 0.4) is 0 Å². The molecule has 0 saturated heterocycles. The van der Waals surface area contributed by atoms with Gasteiger partial charge >= 0.3 is 11.9 Å². The molecule has 5 heteroatoms. The molecule has 18 heavy (non-hydrogen) atoms. The van der Waals surface area contributed by atoms with Gasteiger partial charge in [0.1, 0.15) is 5.78 Å². The molecule has 0 aromatic heterocycles. The maximum atomic E-state index is 12.0. The van der Waals surface area contributed by atoms with Gasteiger partial charge in [0.05, 0.1) is 20.1 Å². The first-order valence-corrected chi connectivity index (χ1v) is 6.26. The number of esters is 2. The van der Waals surface area contributed by atoms with Crippen molar-refractivity contribution in [1.82, 2.24) is 0 Å². The largest absolute Gasteiger partial charge is 0.469 e. The molecule has 0 heterocycles. The van der Waals surface area contributed by atoms with Gasteiger partial charge in [0.15, 0.2) is 0 Å². The van der Waals surface area contributed by atoms with Crippen molar-refractivity contribution < 1.29 is 23.9 Å². The van der Waals surface area contributed by atoms with Crippen LogP contribution in [0.5, 0.6) is 0 Å². The summed E-state index contributed by atoms with van der Waals surface area (Å²) < 4.78 is 9.35. The van der Waals surface area contributed by atoms with Gasteiger partial charge in [-0.15, -0.1) is 0 Å². The molecule has 0 amide bonds. The molecule has 0 aliphatic heterocycles. The maximum Gasteiger partial charge on any atom is 0.308 e. The second-order valence-electron chi connectivity index (χ2n) is 5.09. The predicted octanol–water partition coefficient (Wildman–Crippen LogP) is 0.954. The minimum atomic E-state index is -0.305. The second-order valence-corrected chi connectivity index (χ2v) is 5.09. The van der Waals surface area contributed by atoms with Crippen molar-refractivity contribution in [2.24, 2.45) is 23.7 Å². The zero-order chi connectivity index (χ0) is 13.3. The van der Waals surface area contributed by atoms with Crippen LogP contribution in [0, 0.1) is 23.7 Å². The van der Waals surface area contributed by atoms with Crippen molar-refractivity contribution in [3.8, 4) is 0 Å². The van der Waals surface area contributed by atoms with Crippen molar-refractivity contribution in [2.45, 2.75) is 25.7 Å². The van der Waals surface area contributed by atoms with Crippen LogP contribution in [0.1, 0.15) is 25.7 Å². The Morgan fingerprint density at radius 3 is 2.50 bits per heavy atom. The first-order chi connectivity index (χ1) is 8.58. The summed E-state index contributed by atoms with van der Waals surface area (Å²) in [6, 6.07) is 0. The standard InChI is InChI=1S/C13H18O5/c1-17-11(14)4-3-8-9-5-7(12(8)15)6-10(9)13(16)18-2/h7-10H,3-6H2,1-2H3/t7-,8+,9-,10-/m1/s1. The molecule has 0 unspecified atom stereocenters. The number of ether oxygens (including phenoxy) is 2. The minimum absolute atomic E-state index is 0.0123. The van der Waals surface area contributed by atoms with Crippen molar-refractivity contribution in [3.05, 3.63) is 0 Å². The number of rotatable bonds is 4. The molecule has 2 saturated carbocycles. The first-order valence-electron chi connectivity index (χ1n) is 6.26. The third-order valence-corrected chi connectivity index (χ3v) is 4.29. The zero-order valence-corrected chi connectivity index (χ0v) is 10.7. The summed E-state index contributed by atoms with van der Waals surface area (Å²) >= 11 is 0. The Labute approximate surface area is 106 Å². The van der Waals surface area contributed by atoms with Crippen LogP contribution in [0.4, 0.5) is 0 Å². The van der Waals surface area contributed by atoms with Crippen LogP contribution in [-0.2, 0) is 23.9 Å². The average molecular weight is 254 g/mol. The minimum Gasteiger partial charge on any atom is -0.469 e. The van der Waals surface area contributed by atoms with Gasteiger partial charge in [-0.05, 0) is 25.2 Å². The van der Waals surface area contributed by atoms with Crippen molar-refractivity contribution in [2.75, 3.05) is 14.2 Å². The fourth-order valence-electron chi connectivity index (χ4n) is 3.42. The monoisotopic (exact) mass is 254 g/mol. The lowest BCUT2D eigenvalue weighted by molar-refractivity contribution is -0.149. The summed E-state index contributed by atoms with van der Waals surface area (Å²) in [4.78, 5) is 34.8. The van der Waals surface area contributed by atoms with Crippen LogP contribution in [0.2, 0.25) is 0 Å². The molecule has 0 aromatic rings. The van der Waals surface area contributed by atoms with Gasteiger partial charge in [-0.1, -0.05) is 0 Å². The molecule has 0 spiro atoms. The molecule has 0 radical (unpaired) electrons. The molecule has 2 aliphatic carbocycles. The smallest absolute Gasteiger partial charge is 0.308 e. The van der Waals surface area contributed by atoms with E-state index in [4.69, 9.17) is 4.74 Å². The zero-order valence-electron chi connectivity index (χ0n) is 10.7. The topological polar surface area (TPSA) is 69.7 Å². The van der Waals surface area contributed by atoms with Crippen LogP contribution < -0.4 is 0 Å². The molecule has 100 valence electrons. The highest BCUT2D eigenvalue weighted by molar-refractivity contribution is 5.90. The third kappa shape index (κ3) is 2.13. The van der Waals surface area contributed by atoms with E-state index in [1.807, 2.05) is 0 Å². The highest BCUT2D eigenvalue weighted by atomic mass is 16.5. The Morgan fingerprint density at radius 1 is 1.22 bits per heavy atom. The molecule has 0 N–H and O–H groups in total. The highest BCUT2D eigenvalue weighted by Crippen LogP contribution is 2.51. The van der Waals surface area contributed by atoms with Crippen LogP contribution in [-0.4, -0.2) is 31.9 Å². The Bertz CT molecular complexity index is 376. The van der Waals surface area contributed by atoms with E-state index in [-0.39, 0.29) is 47.8 Å². The molecule has 2 bridgehead atoms. The van der Waals surface area contributed by atoms with E-state index in [0.29, 0.717) is 12.8 Å². The van der Waals surface area contributed by atoms with E-state index < -0.39 is 0 Å². The molecule has 2 rings (SSSR count). The van der Waals surface area contributed by atoms with E-state index in [9.17, 15) is 14.4 Å². The van der Waals surface area contributed by atoms with E-state index in [2.05, 4.69) is 4.74 Å². The van der Waals surface area contributed by atoms with Crippen LogP contribution in [0.15, 0.2) is 0 Å². The quantitative estimate of drug-likeness (QED) is 0.699. The highest BCUT2D eigenvalue weighted by Gasteiger charge is 2.54. The third-order valence-electron chi connectivity index (χ3n) is 4.29. The lowest BCUT2D eigenvalue weighted by Crippen LogP contribution is -2.33. The molecular weight excluding hydrogens is 236 g/mol. The fraction of sp³-hybridized carbons (Fsp3) is 0.769. The number of Topliss-reactive ketones (excluding diaryl/α,β-unsaturated/α-hetero) is 1. The lowest BCUT2D eigenvalue weighted by atomic mass is 9.77. The predicted molar refractivity (Wildman–Crippen MR) is 61.5 cm³/mol. The number of carbonyl (C=O) groups excluding carboxylic acids is 3. The lowest BCUT2D eigenvalue weighted by Gasteiger charge is -2.26. The molecule has 2 fully saturated rings. The molecule has 2 aliphatic rings. The number of carbonyl (C=O) groups is 3. The summed E-state index contributed by atoms with van der Waals surface area (Å²) in [7, 11) is 2.71. The van der Waals surface area contributed by atoms with Crippen molar-refractivity contribution >= 4 is 17.7 Å². The van der Waals surface area contributed by atoms with Gasteiger partial charge < -0.3 is 9.47 Å². The number of ketones is 1. The molecule has 5 nitrogen and oxygen atoms in total. The SMILES string of the molecule is COC(=O)CC[C@@H]1C(=O)[C@@H]2C[C@H]1[C@H](C(=O)OC)C2. The van der Waals surface area contributed by atoms with Gasteiger partial charge in [-0.25, -0.2) is 0 Å². The van der Waals surface area contributed by atoms with Gasteiger partial charge in [0.2, 0.25) is 0 Å². The normalized spacial score (nSPS) is 33.6. The second kappa shape index (κ2) is 5.08. The van der Waals surface area contributed by atoms with E-state index >= 15 is 0 Å². The fourth-order valence-corrected chi connectivity index (χ4v) is 3.42. The van der Waals surface area contributed by atoms with Gasteiger partial charge in [-0.3, -0.25) is 14.4 Å². The number of hydrogen-bond acceptors (Lipinski definition) is 5. The summed E-state index contributed by atoms with van der Waals surface area (Å²) in [6.45, 7) is 0. The van der Waals surface area contributed by atoms with Crippen LogP contribution >= 0.6 is 0 Å². The summed E-state index contributed by atoms with van der Waals surface area (Å²) in [5, 5.41) is 0. The van der Waals surface area contributed by atoms with Crippen molar-refractivity contribution in [3.63, 3.8) is 0 Å². The first kappa shape index (κ1) is 13.1. The molecule has 0 aromatic carbocycles. The maximum absolute atomic E-state index is 12.0. The van der Waals surface area contributed by atoms with Gasteiger partial charge in [-0.2, -0.15) is 0 Å². The Balaban J connectivity index is 2.00. The van der Waals surface area contributed by atoms with Crippen molar-refractivity contribution in [1.29, 1.82) is 0 Å². The Kier molecular flexibility index (Phi) is 3.68. The number of methoxy groups -OCH3 is 2. The molecular formula is C13H18O5. The number of hydrogen-bond donors (Lipinski definition) is 0. The van der Waals surface area contributed by atoms with E-state index in [1.165, 1.54) is 14.2 Å². The Hall–Kier alpha value is -1.39. The number of fused-ring (bicyclic) bond motifs is 2. The molecule has 4 atom stereocenters. The van der Waals surface area contributed by atoms with E-state index in [0.717, 1.165) is 6.42 Å². The van der Waals surface area contributed by atoms with Gasteiger partial charge in [0.25, 0.3) is 0 Å². The average Bonchev–Trinajstić information content (AvgIpc) is 2.93.